The largest absolute Gasteiger partial charge is 0.446 e. The minimum absolute atomic E-state index is 0.0432. The number of fused-ring (bicyclic) bond motifs is 1. The number of amides is 6. The zero-order valence-corrected chi connectivity index (χ0v) is 43.5. The van der Waals surface area contributed by atoms with Gasteiger partial charge in [-0.25, -0.2) is 14.8 Å². The molecule has 2 aliphatic rings. The van der Waals surface area contributed by atoms with E-state index in [0.29, 0.717) is 22.0 Å². The first-order valence-electron chi connectivity index (χ1n) is 24.6. The molecule has 6 N–H and O–H groups in total. The molecule has 0 radical (unpaired) electrons. The number of carbonyl (C=O) groups excluding carboxylic acids is 6. The second kappa shape index (κ2) is 25.5. The molecule has 3 atom stereocenters. The normalized spacial score (nSPS) is 16.4. The van der Waals surface area contributed by atoms with Crippen molar-refractivity contribution in [3.8, 4) is 21.6 Å². The molecule has 1 aliphatic heterocycles. The highest BCUT2D eigenvalue weighted by atomic mass is 32.1. The van der Waals surface area contributed by atoms with Crippen LogP contribution in [-0.2, 0) is 44.7 Å². The SMILES string of the molecule is Cc1ncc(-c2ccc3nc(NC(=O)CCC(=O)NCCOCCOCC(=O)N[C@H](C(=O)N4C[C@H](O)C[C@H]4C(=O)NCc4ccc(-c5scnc5C)cc4)C(C)(C)C)sc3c2)cc1NC(=O)OC1CCCCC1. The summed E-state index contributed by atoms with van der Waals surface area (Å²) >= 11 is 2.86. The van der Waals surface area contributed by atoms with Crippen LogP contribution >= 0.6 is 22.7 Å². The van der Waals surface area contributed by atoms with Crippen molar-refractivity contribution >= 4 is 79.3 Å². The zero-order chi connectivity index (χ0) is 52.1. The van der Waals surface area contributed by atoms with E-state index in [-0.39, 0.29) is 83.2 Å². The van der Waals surface area contributed by atoms with Crippen molar-refractivity contribution in [3.63, 3.8) is 0 Å². The van der Waals surface area contributed by atoms with E-state index in [4.69, 9.17) is 14.2 Å². The number of nitrogens with one attached hydrogen (secondary N) is 5. The van der Waals surface area contributed by atoms with E-state index in [1.807, 2.05) is 62.4 Å². The number of aromatic nitrogens is 3. The van der Waals surface area contributed by atoms with Gasteiger partial charge in [-0.3, -0.25) is 34.3 Å². The molecule has 1 aliphatic carbocycles. The first-order valence-corrected chi connectivity index (χ1v) is 26.3. The Morgan fingerprint density at radius 3 is 2.30 bits per heavy atom. The summed E-state index contributed by atoms with van der Waals surface area (Å²) < 4.78 is 17.5. The highest BCUT2D eigenvalue weighted by Gasteiger charge is 2.44. The molecule has 4 heterocycles. The van der Waals surface area contributed by atoms with Crippen LogP contribution in [0, 0.1) is 19.3 Å². The molecule has 0 spiro atoms. The number of anilines is 2. The van der Waals surface area contributed by atoms with Crippen molar-refractivity contribution in [1.29, 1.82) is 0 Å². The molecule has 1 saturated heterocycles. The number of rotatable bonds is 21. The molecule has 21 heteroatoms. The number of β-amino-alcohol motifs (C(OH)–C–C–N with tert-alkyl or cyclic N) is 1. The lowest BCUT2D eigenvalue weighted by atomic mass is 9.85. The van der Waals surface area contributed by atoms with Crippen LogP contribution in [0.4, 0.5) is 15.6 Å². The van der Waals surface area contributed by atoms with Crippen LogP contribution in [0.1, 0.15) is 89.1 Å². The van der Waals surface area contributed by atoms with Gasteiger partial charge in [0.1, 0.15) is 24.8 Å². The third kappa shape index (κ3) is 15.6. The Labute approximate surface area is 432 Å². The first kappa shape index (κ1) is 54.4. The number of ether oxygens (including phenoxy) is 3. The van der Waals surface area contributed by atoms with Crippen molar-refractivity contribution in [2.75, 3.05) is 50.2 Å². The van der Waals surface area contributed by atoms with E-state index in [9.17, 15) is 33.9 Å². The third-order valence-corrected chi connectivity index (χ3v) is 14.5. The van der Waals surface area contributed by atoms with Gasteiger partial charge in [-0.05, 0) is 79.8 Å². The molecule has 5 aromatic rings. The Hall–Kier alpha value is -6.39. The zero-order valence-electron chi connectivity index (χ0n) is 41.9. The highest BCUT2D eigenvalue weighted by Crippen LogP contribution is 2.33. The Morgan fingerprint density at radius 2 is 1.56 bits per heavy atom. The number of aryl methyl sites for hydroxylation is 2. The molecule has 390 valence electrons. The van der Waals surface area contributed by atoms with Crippen LogP contribution in [-0.4, -0.2) is 124 Å². The number of hydrogen-bond donors (Lipinski definition) is 6. The number of benzene rings is 2. The highest BCUT2D eigenvalue weighted by molar-refractivity contribution is 7.22. The summed E-state index contributed by atoms with van der Waals surface area (Å²) in [6.07, 6.45) is 5.30. The fourth-order valence-corrected chi connectivity index (χ4v) is 10.3. The average molecular weight is 1040 g/mol. The van der Waals surface area contributed by atoms with Crippen molar-refractivity contribution in [1.82, 2.24) is 35.8 Å². The molecule has 6 amide bonds. The Balaban J connectivity index is 0.765. The third-order valence-electron chi connectivity index (χ3n) is 12.6. The van der Waals surface area contributed by atoms with Gasteiger partial charge < -0.3 is 45.5 Å². The van der Waals surface area contributed by atoms with Gasteiger partial charge in [-0.2, -0.15) is 0 Å². The smallest absolute Gasteiger partial charge is 0.411 e. The second-order valence-corrected chi connectivity index (χ2v) is 21.2. The molecular formula is C52H65N9O10S2. The summed E-state index contributed by atoms with van der Waals surface area (Å²) in [5.74, 6) is -2.10. The fraction of sp³-hybridized carbons (Fsp3) is 0.481. The number of pyridine rings is 1. The summed E-state index contributed by atoms with van der Waals surface area (Å²) in [5, 5.41) is 25.0. The van der Waals surface area contributed by atoms with Gasteiger partial charge >= 0.3 is 6.09 Å². The van der Waals surface area contributed by atoms with Gasteiger partial charge in [-0.15, -0.1) is 11.3 Å². The molecule has 3 aromatic heterocycles. The molecule has 2 fully saturated rings. The van der Waals surface area contributed by atoms with Gasteiger partial charge in [0.2, 0.25) is 29.5 Å². The van der Waals surface area contributed by atoms with E-state index in [1.54, 1.807) is 43.8 Å². The van der Waals surface area contributed by atoms with Crippen molar-refractivity contribution < 1.29 is 48.1 Å². The van der Waals surface area contributed by atoms with Crippen LogP contribution in [0.5, 0.6) is 0 Å². The summed E-state index contributed by atoms with van der Waals surface area (Å²) in [6.45, 7) is 9.59. The number of aliphatic hydroxyl groups is 1. The van der Waals surface area contributed by atoms with Crippen LogP contribution < -0.4 is 26.6 Å². The topological polar surface area (TPSA) is 252 Å². The lowest BCUT2D eigenvalue weighted by Gasteiger charge is -2.35. The van der Waals surface area contributed by atoms with Crippen LogP contribution in [0.3, 0.4) is 0 Å². The number of hydrogen-bond acceptors (Lipinski definition) is 15. The molecule has 2 aromatic carbocycles. The standard InChI is InChI=1S/C52H65N9O10S2/c1-31-40(58-51(68)71-38-9-7-6-8-10-38)23-36(27-54-31)35-15-16-39-42(24-35)73-50(57-39)60-44(64)18-17-43(63)53-19-20-69-21-22-70-29-45(65)59-47(52(3,4)5)49(67)61-28-37(62)25-41(61)48(66)55-26-33-11-13-34(14-12-33)46-32(2)56-30-72-46/h11-16,23-24,27,30,37-38,41,47,62H,6-10,17-22,25-26,28-29H2,1-5H3,(H,53,63)(H,55,66)(H,58,68)(H,59,65)(H,57,60,64)/t37-,41+,47-/m1/s1. The maximum atomic E-state index is 14.0. The fourth-order valence-electron chi connectivity index (χ4n) is 8.58. The molecular weight excluding hydrogens is 975 g/mol. The lowest BCUT2D eigenvalue weighted by molar-refractivity contribution is -0.144. The van der Waals surface area contributed by atoms with Crippen molar-refractivity contribution in [2.24, 2.45) is 5.41 Å². The molecule has 73 heavy (non-hydrogen) atoms. The van der Waals surface area contributed by atoms with Gasteiger partial charge in [-0.1, -0.05) is 68.9 Å². The predicted molar refractivity (Wildman–Crippen MR) is 279 cm³/mol. The molecule has 7 rings (SSSR count). The van der Waals surface area contributed by atoms with E-state index in [1.165, 1.54) is 22.7 Å². The van der Waals surface area contributed by atoms with Crippen LogP contribution in [0.15, 0.2) is 60.2 Å². The minimum Gasteiger partial charge on any atom is -0.446 e. The summed E-state index contributed by atoms with van der Waals surface area (Å²) in [5.41, 5.74) is 7.51. The average Bonchev–Trinajstić information content (AvgIpc) is 4.10. The number of likely N-dealkylation sites (tertiary alicyclic amines) is 1. The van der Waals surface area contributed by atoms with Gasteiger partial charge in [0.15, 0.2) is 5.13 Å². The van der Waals surface area contributed by atoms with Crippen molar-refractivity contribution in [2.45, 2.75) is 117 Å². The van der Waals surface area contributed by atoms with Gasteiger partial charge in [0.25, 0.3) is 0 Å². The van der Waals surface area contributed by atoms with E-state index < -0.39 is 47.4 Å². The number of thiazole rings is 2. The van der Waals surface area contributed by atoms with Gasteiger partial charge in [0, 0.05) is 50.7 Å². The number of aliphatic hydroxyl groups excluding tert-OH is 1. The van der Waals surface area contributed by atoms with E-state index in [2.05, 4.69) is 41.5 Å². The Bertz CT molecular complexity index is 2730. The molecule has 0 bridgehead atoms. The quantitative estimate of drug-likeness (QED) is 0.0422. The maximum Gasteiger partial charge on any atom is 0.411 e. The van der Waals surface area contributed by atoms with Crippen LogP contribution in [0.25, 0.3) is 31.8 Å². The van der Waals surface area contributed by atoms with Gasteiger partial charge in [0.05, 0.1) is 63.6 Å². The summed E-state index contributed by atoms with van der Waals surface area (Å²) in [4.78, 5) is 94.0. The minimum atomic E-state index is -1.01. The predicted octanol–water partition coefficient (Wildman–Crippen LogP) is 6.66. The van der Waals surface area contributed by atoms with Crippen LogP contribution in [0.2, 0.25) is 0 Å². The first-order chi connectivity index (χ1) is 35.0. The monoisotopic (exact) mass is 1040 g/mol. The number of nitrogens with zero attached hydrogens (tertiary/aromatic N) is 4. The van der Waals surface area contributed by atoms with E-state index >= 15 is 0 Å². The second-order valence-electron chi connectivity index (χ2n) is 19.4. The Morgan fingerprint density at radius 1 is 0.822 bits per heavy atom. The number of carbonyl (C=O) groups is 6. The lowest BCUT2D eigenvalue weighted by Crippen LogP contribution is -2.58. The Kier molecular flexibility index (Phi) is 19.0. The summed E-state index contributed by atoms with van der Waals surface area (Å²) in [6, 6.07) is 13.4. The molecule has 0 unspecified atom stereocenters. The summed E-state index contributed by atoms with van der Waals surface area (Å²) in [7, 11) is 0. The maximum absolute atomic E-state index is 14.0. The van der Waals surface area contributed by atoms with Crippen molar-refractivity contribution in [3.05, 3.63) is 77.2 Å². The molecule has 19 nitrogen and oxygen atoms in total. The van der Waals surface area contributed by atoms with E-state index in [0.717, 1.165) is 63.2 Å². The molecule has 1 saturated carbocycles.